The molecule has 10 heteroatoms. The molecule has 0 saturated heterocycles. The van der Waals surface area contributed by atoms with Crippen molar-refractivity contribution in [2.75, 3.05) is 0 Å². The van der Waals surface area contributed by atoms with Gasteiger partial charge in [-0.25, -0.2) is 4.79 Å². The van der Waals surface area contributed by atoms with E-state index in [1.54, 1.807) is 13.0 Å². The molecular formula is C21H20F3N5O2. The van der Waals surface area contributed by atoms with Crippen LogP contribution in [0.4, 0.5) is 13.2 Å². The smallest absolute Gasteiger partial charge is 0.391 e. The van der Waals surface area contributed by atoms with Gasteiger partial charge < -0.3 is 4.84 Å². The third kappa shape index (κ3) is 4.37. The highest BCUT2D eigenvalue weighted by Gasteiger charge is 2.30. The fourth-order valence-corrected chi connectivity index (χ4v) is 3.34. The number of aromatic nitrogens is 4. The average Bonchev–Trinajstić information content (AvgIpc) is 3.53. The predicted molar refractivity (Wildman–Crippen MR) is 107 cm³/mol. The maximum absolute atomic E-state index is 12.7. The van der Waals surface area contributed by atoms with Gasteiger partial charge in [0.1, 0.15) is 6.61 Å². The minimum atomic E-state index is -4.39. The van der Waals surface area contributed by atoms with Crippen LogP contribution in [0.3, 0.4) is 0 Å². The molecular weight excluding hydrogens is 411 g/mol. The molecule has 1 saturated carbocycles. The SMILES string of the molecule is C/C(=N/OCc1c(C2CC2)cccc1-n1nnn(C)c1=O)c1ccc(C(F)(F)F)cc1. The van der Waals surface area contributed by atoms with E-state index >= 15 is 0 Å². The summed E-state index contributed by atoms with van der Waals surface area (Å²) in [4.78, 5) is 17.9. The Labute approximate surface area is 175 Å². The third-order valence-corrected chi connectivity index (χ3v) is 5.19. The molecule has 0 amide bonds. The van der Waals surface area contributed by atoms with Gasteiger partial charge in [-0.3, -0.25) is 0 Å². The van der Waals surface area contributed by atoms with E-state index in [2.05, 4.69) is 15.6 Å². The van der Waals surface area contributed by atoms with Gasteiger partial charge in [-0.05, 0) is 65.4 Å². The number of benzene rings is 2. The summed E-state index contributed by atoms with van der Waals surface area (Å²) in [7, 11) is 1.52. The molecule has 0 bridgehead atoms. The summed E-state index contributed by atoms with van der Waals surface area (Å²) < 4.78 is 40.6. The van der Waals surface area contributed by atoms with Gasteiger partial charge in [-0.2, -0.15) is 22.5 Å². The predicted octanol–water partition coefficient (Wildman–Crippen LogP) is 3.80. The average molecular weight is 431 g/mol. The van der Waals surface area contributed by atoms with Crippen molar-refractivity contribution in [1.82, 2.24) is 19.8 Å². The largest absolute Gasteiger partial charge is 0.416 e. The summed E-state index contributed by atoms with van der Waals surface area (Å²) >= 11 is 0. The number of hydrogen-bond acceptors (Lipinski definition) is 5. The number of alkyl halides is 3. The molecule has 0 N–H and O–H groups in total. The van der Waals surface area contributed by atoms with Gasteiger partial charge in [-0.15, -0.1) is 0 Å². The number of halogens is 3. The highest BCUT2D eigenvalue weighted by Crippen LogP contribution is 2.43. The first-order valence-corrected chi connectivity index (χ1v) is 9.71. The van der Waals surface area contributed by atoms with E-state index in [1.165, 1.54) is 23.9 Å². The molecule has 1 aliphatic carbocycles. The molecule has 1 heterocycles. The quantitative estimate of drug-likeness (QED) is 0.440. The first-order valence-electron chi connectivity index (χ1n) is 9.71. The number of nitrogens with zero attached hydrogens (tertiary/aromatic N) is 5. The molecule has 0 aliphatic heterocycles. The van der Waals surface area contributed by atoms with Gasteiger partial charge in [0, 0.05) is 12.6 Å². The summed E-state index contributed by atoms with van der Waals surface area (Å²) in [5.41, 5.74) is 2.30. The van der Waals surface area contributed by atoms with Crippen molar-refractivity contribution in [1.29, 1.82) is 0 Å². The van der Waals surface area contributed by atoms with Crippen LogP contribution in [-0.4, -0.2) is 25.5 Å². The Morgan fingerprint density at radius 3 is 2.45 bits per heavy atom. The Bertz CT molecular complexity index is 1170. The van der Waals surface area contributed by atoms with Gasteiger partial charge in [0.2, 0.25) is 0 Å². The Kier molecular flexibility index (Phi) is 5.38. The van der Waals surface area contributed by atoms with Crippen LogP contribution in [0.2, 0.25) is 0 Å². The zero-order chi connectivity index (χ0) is 22.2. The molecule has 162 valence electrons. The summed E-state index contributed by atoms with van der Waals surface area (Å²) in [6.45, 7) is 1.74. The number of aryl methyl sites for hydroxylation is 1. The Hall–Kier alpha value is -3.43. The zero-order valence-electron chi connectivity index (χ0n) is 16.9. The number of rotatable bonds is 6. The fourth-order valence-electron chi connectivity index (χ4n) is 3.34. The Balaban J connectivity index is 1.58. The van der Waals surface area contributed by atoms with Crippen LogP contribution < -0.4 is 5.69 Å². The lowest BCUT2D eigenvalue weighted by molar-refractivity contribution is -0.137. The van der Waals surface area contributed by atoms with Gasteiger partial charge in [-0.1, -0.05) is 29.4 Å². The van der Waals surface area contributed by atoms with E-state index in [-0.39, 0.29) is 12.3 Å². The zero-order valence-corrected chi connectivity index (χ0v) is 16.9. The lowest BCUT2D eigenvalue weighted by atomic mass is 10.0. The first-order chi connectivity index (χ1) is 14.8. The van der Waals surface area contributed by atoms with Crippen LogP contribution in [-0.2, 0) is 24.7 Å². The van der Waals surface area contributed by atoms with E-state index in [9.17, 15) is 18.0 Å². The van der Waals surface area contributed by atoms with Crippen molar-refractivity contribution >= 4 is 5.71 Å². The molecule has 1 aliphatic rings. The highest BCUT2D eigenvalue weighted by molar-refractivity contribution is 5.98. The second kappa shape index (κ2) is 8.01. The molecule has 1 fully saturated rings. The van der Waals surface area contributed by atoms with Gasteiger partial charge in [0.15, 0.2) is 0 Å². The fraction of sp³-hybridized carbons (Fsp3) is 0.333. The second-order valence-electron chi connectivity index (χ2n) is 7.44. The van der Waals surface area contributed by atoms with Crippen LogP contribution in [0.1, 0.15) is 47.9 Å². The van der Waals surface area contributed by atoms with Crippen LogP contribution in [0.5, 0.6) is 0 Å². The van der Waals surface area contributed by atoms with Gasteiger partial charge in [0.25, 0.3) is 0 Å². The van der Waals surface area contributed by atoms with Crippen LogP contribution >= 0.6 is 0 Å². The normalized spacial score (nSPS) is 14.7. The summed E-state index contributed by atoms with van der Waals surface area (Å²) in [6.07, 6.45) is -2.28. The molecule has 0 atom stereocenters. The molecule has 4 rings (SSSR count). The van der Waals surface area contributed by atoms with Crippen molar-refractivity contribution in [3.05, 3.63) is 75.2 Å². The van der Waals surface area contributed by atoms with Crippen LogP contribution in [0, 0.1) is 0 Å². The number of hydrogen-bond donors (Lipinski definition) is 0. The minimum absolute atomic E-state index is 0.0863. The maximum atomic E-state index is 12.7. The van der Waals surface area contributed by atoms with Gasteiger partial charge >= 0.3 is 11.9 Å². The molecule has 3 aromatic rings. The summed E-state index contributed by atoms with van der Waals surface area (Å²) in [5.74, 6) is 0.394. The van der Waals surface area contributed by atoms with Crippen LogP contribution in [0.25, 0.3) is 5.69 Å². The Morgan fingerprint density at radius 2 is 1.87 bits per heavy atom. The number of oxime groups is 1. The summed E-state index contributed by atoms with van der Waals surface area (Å²) in [6, 6.07) is 10.4. The standard InChI is InChI=1S/C21H20F3N5O2/c1-13(14-8-10-16(11-9-14)21(22,23)24)25-31-12-18-17(15-6-7-15)4-3-5-19(18)29-20(30)28(2)26-27-29/h3-5,8-11,15H,6-7,12H2,1-2H3/b25-13-. The van der Waals surface area contributed by atoms with E-state index < -0.39 is 11.7 Å². The lowest BCUT2D eigenvalue weighted by Gasteiger charge is -2.13. The molecule has 2 aromatic carbocycles. The van der Waals surface area contributed by atoms with Crippen molar-refractivity contribution in [3.63, 3.8) is 0 Å². The van der Waals surface area contributed by atoms with E-state index in [4.69, 9.17) is 4.84 Å². The van der Waals surface area contributed by atoms with Crippen molar-refractivity contribution in [3.8, 4) is 5.69 Å². The molecule has 0 spiro atoms. The first kappa shape index (κ1) is 20.8. The molecule has 1 aromatic heterocycles. The third-order valence-electron chi connectivity index (χ3n) is 5.19. The maximum Gasteiger partial charge on any atom is 0.416 e. The highest BCUT2D eigenvalue weighted by atomic mass is 19.4. The second-order valence-corrected chi connectivity index (χ2v) is 7.44. The molecule has 0 radical (unpaired) electrons. The molecule has 0 unspecified atom stereocenters. The van der Waals surface area contributed by atoms with E-state index in [1.807, 2.05) is 12.1 Å². The van der Waals surface area contributed by atoms with Gasteiger partial charge in [0.05, 0.1) is 17.0 Å². The molecule has 7 nitrogen and oxygen atoms in total. The summed E-state index contributed by atoms with van der Waals surface area (Å²) in [5, 5.41) is 11.8. The monoisotopic (exact) mass is 431 g/mol. The van der Waals surface area contributed by atoms with Crippen molar-refractivity contribution < 1.29 is 18.0 Å². The topological polar surface area (TPSA) is 74.3 Å². The number of tetrazole rings is 1. The molecule has 31 heavy (non-hydrogen) atoms. The Morgan fingerprint density at radius 1 is 1.16 bits per heavy atom. The van der Waals surface area contributed by atoms with Crippen LogP contribution in [0.15, 0.2) is 52.4 Å². The van der Waals surface area contributed by atoms with E-state index in [0.717, 1.165) is 40.8 Å². The van der Waals surface area contributed by atoms with E-state index in [0.29, 0.717) is 22.9 Å². The van der Waals surface area contributed by atoms with Crippen molar-refractivity contribution in [2.24, 2.45) is 12.2 Å². The lowest BCUT2D eigenvalue weighted by Crippen LogP contribution is -2.23. The minimum Gasteiger partial charge on any atom is -0.391 e. The van der Waals surface area contributed by atoms with Crippen molar-refractivity contribution in [2.45, 2.75) is 38.5 Å².